The largest absolute Gasteiger partial charge is 0.416 e. The highest BCUT2D eigenvalue weighted by atomic mass is 19.4. The van der Waals surface area contributed by atoms with Crippen molar-refractivity contribution in [2.24, 2.45) is 11.8 Å². The fraction of sp³-hybridized carbons (Fsp3) is 0.500. The maximum atomic E-state index is 12.6. The molecule has 19 heavy (non-hydrogen) atoms. The monoisotopic (exact) mass is 268 g/mol. The summed E-state index contributed by atoms with van der Waals surface area (Å²) in [4.78, 5) is 1.99. The molecule has 0 bridgehead atoms. The molecule has 1 saturated heterocycles. The Morgan fingerprint density at radius 1 is 1.21 bits per heavy atom. The van der Waals surface area contributed by atoms with Gasteiger partial charge in [0, 0.05) is 13.1 Å². The van der Waals surface area contributed by atoms with Gasteiger partial charge in [0.15, 0.2) is 0 Å². The van der Waals surface area contributed by atoms with Gasteiger partial charge in [-0.05, 0) is 30.0 Å². The molecule has 1 fully saturated rings. The van der Waals surface area contributed by atoms with Gasteiger partial charge in [0.1, 0.15) is 6.07 Å². The van der Waals surface area contributed by atoms with Gasteiger partial charge in [-0.3, -0.25) is 0 Å². The zero-order chi connectivity index (χ0) is 14.2. The molecule has 0 amide bonds. The SMILES string of the molecule is CC1CN(c2ccc(C(F)(F)F)cc2C#N)CC1C. The summed E-state index contributed by atoms with van der Waals surface area (Å²) in [7, 11) is 0. The van der Waals surface area contributed by atoms with Gasteiger partial charge in [-0.2, -0.15) is 18.4 Å². The van der Waals surface area contributed by atoms with E-state index in [1.54, 1.807) is 0 Å². The van der Waals surface area contributed by atoms with Crippen LogP contribution in [0.4, 0.5) is 18.9 Å². The van der Waals surface area contributed by atoms with E-state index in [0.29, 0.717) is 17.5 Å². The van der Waals surface area contributed by atoms with Gasteiger partial charge in [-0.25, -0.2) is 0 Å². The third kappa shape index (κ3) is 2.67. The van der Waals surface area contributed by atoms with Crippen LogP contribution in [0.2, 0.25) is 0 Å². The van der Waals surface area contributed by atoms with Crippen LogP contribution in [0.15, 0.2) is 18.2 Å². The van der Waals surface area contributed by atoms with Crippen LogP contribution in [-0.4, -0.2) is 13.1 Å². The number of hydrogen-bond donors (Lipinski definition) is 0. The molecule has 0 saturated carbocycles. The predicted octanol–water partition coefficient (Wildman–Crippen LogP) is 3.67. The zero-order valence-corrected chi connectivity index (χ0v) is 10.8. The van der Waals surface area contributed by atoms with Crippen LogP contribution in [0.5, 0.6) is 0 Å². The second-order valence-electron chi connectivity index (χ2n) is 5.20. The first-order chi connectivity index (χ1) is 8.82. The lowest BCUT2D eigenvalue weighted by Crippen LogP contribution is -2.21. The molecule has 0 aromatic heterocycles. The Kier molecular flexibility index (Phi) is 3.44. The molecule has 5 heteroatoms. The third-order valence-corrected chi connectivity index (χ3v) is 3.77. The number of rotatable bonds is 1. The zero-order valence-electron chi connectivity index (χ0n) is 10.8. The van der Waals surface area contributed by atoms with Crippen molar-refractivity contribution in [2.75, 3.05) is 18.0 Å². The first kappa shape index (κ1) is 13.7. The Labute approximate surface area is 110 Å². The van der Waals surface area contributed by atoms with Crippen LogP contribution in [0.25, 0.3) is 0 Å². The van der Waals surface area contributed by atoms with Crippen molar-refractivity contribution in [1.82, 2.24) is 0 Å². The first-order valence-electron chi connectivity index (χ1n) is 6.19. The van der Waals surface area contributed by atoms with Gasteiger partial charge in [0.05, 0.1) is 16.8 Å². The molecule has 0 aliphatic carbocycles. The molecule has 2 nitrogen and oxygen atoms in total. The molecule has 1 heterocycles. The summed E-state index contributed by atoms with van der Waals surface area (Å²) in [6.07, 6.45) is -4.41. The summed E-state index contributed by atoms with van der Waals surface area (Å²) in [5.74, 6) is 0.961. The molecule has 1 aliphatic heterocycles. The minimum Gasteiger partial charge on any atom is -0.370 e. The van der Waals surface area contributed by atoms with E-state index in [4.69, 9.17) is 5.26 Å². The minimum atomic E-state index is -4.41. The minimum absolute atomic E-state index is 0.0936. The average molecular weight is 268 g/mol. The van der Waals surface area contributed by atoms with Crippen LogP contribution in [0.1, 0.15) is 25.0 Å². The predicted molar refractivity (Wildman–Crippen MR) is 66.7 cm³/mol. The molecule has 1 aromatic carbocycles. The van der Waals surface area contributed by atoms with E-state index in [1.165, 1.54) is 6.07 Å². The number of hydrogen-bond acceptors (Lipinski definition) is 2. The number of nitrogens with zero attached hydrogens (tertiary/aromatic N) is 2. The average Bonchev–Trinajstić information content (AvgIpc) is 2.67. The fourth-order valence-electron chi connectivity index (χ4n) is 2.40. The van der Waals surface area contributed by atoms with Gasteiger partial charge < -0.3 is 4.90 Å². The van der Waals surface area contributed by atoms with E-state index in [1.807, 2.05) is 11.0 Å². The van der Waals surface area contributed by atoms with Crippen LogP contribution in [0.3, 0.4) is 0 Å². The van der Waals surface area contributed by atoms with Crippen LogP contribution < -0.4 is 4.90 Å². The second kappa shape index (κ2) is 4.76. The summed E-state index contributed by atoms with van der Waals surface area (Å²) in [6.45, 7) is 5.78. The molecule has 2 atom stereocenters. The highest BCUT2D eigenvalue weighted by Crippen LogP contribution is 2.35. The summed E-state index contributed by atoms with van der Waals surface area (Å²) in [6, 6.07) is 5.26. The first-order valence-corrected chi connectivity index (χ1v) is 6.19. The summed E-state index contributed by atoms with van der Waals surface area (Å²) < 4.78 is 37.8. The van der Waals surface area contributed by atoms with Gasteiger partial charge in [0.25, 0.3) is 0 Å². The number of nitriles is 1. The summed E-state index contributed by atoms with van der Waals surface area (Å²) >= 11 is 0. The van der Waals surface area contributed by atoms with E-state index in [2.05, 4.69) is 13.8 Å². The maximum absolute atomic E-state index is 12.6. The number of halogens is 3. The molecular weight excluding hydrogens is 253 g/mol. The van der Waals surface area contributed by atoms with E-state index in [9.17, 15) is 13.2 Å². The Bertz CT molecular complexity index is 506. The van der Waals surface area contributed by atoms with Crippen LogP contribution in [-0.2, 0) is 6.18 Å². The molecule has 2 rings (SSSR count). The lowest BCUT2D eigenvalue weighted by molar-refractivity contribution is -0.137. The maximum Gasteiger partial charge on any atom is 0.416 e. The van der Waals surface area contributed by atoms with Crippen LogP contribution in [0, 0.1) is 23.2 Å². The Hall–Kier alpha value is -1.70. The van der Waals surface area contributed by atoms with Crippen molar-refractivity contribution in [3.63, 3.8) is 0 Å². The summed E-state index contributed by atoms with van der Waals surface area (Å²) in [5.41, 5.74) is -0.0732. The van der Waals surface area contributed by atoms with Crippen molar-refractivity contribution in [1.29, 1.82) is 5.26 Å². The highest BCUT2D eigenvalue weighted by molar-refractivity contribution is 5.61. The molecule has 2 unspecified atom stereocenters. The Morgan fingerprint density at radius 3 is 2.26 bits per heavy atom. The number of anilines is 1. The normalized spacial score (nSPS) is 23.5. The smallest absolute Gasteiger partial charge is 0.370 e. The third-order valence-electron chi connectivity index (χ3n) is 3.77. The number of alkyl halides is 3. The molecule has 1 aromatic rings. The van der Waals surface area contributed by atoms with E-state index in [-0.39, 0.29) is 5.56 Å². The fourth-order valence-corrected chi connectivity index (χ4v) is 2.40. The summed E-state index contributed by atoms with van der Waals surface area (Å²) in [5, 5.41) is 9.06. The van der Waals surface area contributed by atoms with Gasteiger partial charge in [-0.15, -0.1) is 0 Å². The molecular formula is C14H15F3N2. The van der Waals surface area contributed by atoms with Crippen molar-refractivity contribution in [3.8, 4) is 6.07 Å². The molecule has 0 N–H and O–H groups in total. The van der Waals surface area contributed by atoms with Crippen molar-refractivity contribution in [3.05, 3.63) is 29.3 Å². The lowest BCUT2D eigenvalue weighted by atomic mass is 10.0. The second-order valence-corrected chi connectivity index (χ2v) is 5.20. The Balaban J connectivity index is 2.36. The van der Waals surface area contributed by atoms with Crippen molar-refractivity contribution in [2.45, 2.75) is 20.0 Å². The van der Waals surface area contributed by atoms with E-state index in [0.717, 1.165) is 25.2 Å². The Morgan fingerprint density at radius 2 is 1.79 bits per heavy atom. The molecule has 0 radical (unpaired) electrons. The highest BCUT2D eigenvalue weighted by Gasteiger charge is 2.33. The van der Waals surface area contributed by atoms with Gasteiger partial charge in [-0.1, -0.05) is 13.8 Å². The topological polar surface area (TPSA) is 27.0 Å². The van der Waals surface area contributed by atoms with E-state index >= 15 is 0 Å². The van der Waals surface area contributed by atoms with Gasteiger partial charge >= 0.3 is 6.18 Å². The van der Waals surface area contributed by atoms with Crippen molar-refractivity contribution < 1.29 is 13.2 Å². The van der Waals surface area contributed by atoms with Crippen molar-refractivity contribution >= 4 is 5.69 Å². The van der Waals surface area contributed by atoms with E-state index < -0.39 is 11.7 Å². The standard InChI is InChI=1S/C14H15F3N2/c1-9-7-19(8-10(9)2)13-4-3-12(14(15,16)17)5-11(13)6-18/h3-5,9-10H,7-8H2,1-2H3. The molecule has 1 aliphatic rings. The van der Waals surface area contributed by atoms with Crippen LogP contribution >= 0.6 is 0 Å². The number of benzene rings is 1. The van der Waals surface area contributed by atoms with Gasteiger partial charge in [0.2, 0.25) is 0 Å². The molecule has 102 valence electrons. The molecule has 0 spiro atoms. The lowest BCUT2D eigenvalue weighted by Gasteiger charge is -2.20. The quantitative estimate of drug-likeness (QED) is 0.777.